The van der Waals surface area contributed by atoms with Crippen molar-refractivity contribution in [2.24, 2.45) is 16.1 Å². The van der Waals surface area contributed by atoms with Gasteiger partial charge in [-0.05, 0) is 87.6 Å². The van der Waals surface area contributed by atoms with E-state index in [0.717, 1.165) is 30.0 Å². The van der Waals surface area contributed by atoms with Crippen molar-refractivity contribution in [3.05, 3.63) is 24.3 Å². The fraction of sp³-hybridized carbons (Fsp3) is 0.636. The number of nitrogens with zero attached hydrogens (tertiary/aromatic N) is 2. The number of ether oxygens (including phenoxy) is 1. The summed E-state index contributed by atoms with van der Waals surface area (Å²) in [5.74, 6) is 1.81. The molecule has 1 saturated heterocycles. The number of rotatable bonds is 9. The predicted octanol–water partition coefficient (Wildman–Crippen LogP) is 5.12. The topological polar surface area (TPSA) is 62.9 Å². The molecule has 0 radical (unpaired) electrons. The summed E-state index contributed by atoms with van der Waals surface area (Å²) in [5, 5.41) is 4.00. The van der Waals surface area contributed by atoms with Crippen molar-refractivity contribution in [2.45, 2.75) is 59.4 Å². The van der Waals surface area contributed by atoms with Crippen LogP contribution in [0.4, 0.5) is 5.69 Å². The van der Waals surface area contributed by atoms with Gasteiger partial charge in [-0.15, -0.1) is 0 Å². The lowest BCUT2D eigenvalue weighted by Crippen LogP contribution is -2.34. The van der Waals surface area contributed by atoms with Crippen LogP contribution in [0.25, 0.3) is 0 Å². The summed E-state index contributed by atoms with van der Waals surface area (Å²) in [4.78, 5) is 6.80. The first-order chi connectivity index (χ1) is 13.8. The summed E-state index contributed by atoms with van der Waals surface area (Å²) in [6.45, 7) is 12.0. The fourth-order valence-electron chi connectivity index (χ4n) is 3.13. The van der Waals surface area contributed by atoms with E-state index < -0.39 is 0 Å². The third kappa shape index (κ3) is 8.15. The molecule has 1 atom stereocenters. The molecule has 3 N–H and O–H groups in total. The molecule has 29 heavy (non-hydrogen) atoms. The third-order valence-corrected chi connectivity index (χ3v) is 7.27. The van der Waals surface area contributed by atoms with Crippen LogP contribution in [0.2, 0.25) is 0 Å². The van der Waals surface area contributed by atoms with E-state index >= 15 is 0 Å². The minimum absolute atomic E-state index is 0.280. The van der Waals surface area contributed by atoms with E-state index in [2.05, 4.69) is 42.9 Å². The van der Waals surface area contributed by atoms with E-state index in [1.165, 1.54) is 25.9 Å². The first-order valence-corrected chi connectivity index (χ1v) is 12.0. The molecule has 2 rings (SSSR count). The number of nitrogens with one attached hydrogen (secondary N) is 1. The number of nitrogens with two attached hydrogens (primary N) is 1. The highest BCUT2D eigenvalue weighted by atomic mass is 32.2. The van der Waals surface area contributed by atoms with Crippen LogP contribution in [0.1, 0.15) is 53.4 Å². The SMILES string of the molecule is CCC(C)(CC)CS/C(N)=N/C(=S)Nc1ccc(OCC(C)N2CCCC2)cc1. The minimum atomic E-state index is 0.280. The average molecular weight is 437 g/mol. The molecule has 7 heteroatoms. The zero-order chi connectivity index (χ0) is 21.3. The molecule has 1 heterocycles. The van der Waals surface area contributed by atoms with Gasteiger partial charge >= 0.3 is 0 Å². The van der Waals surface area contributed by atoms with Gasteiger partial charge in [0.2, 0.25) is 0 Å². The zero-order valence-corrected chi connectivity index (χ0v) is 19.9. The molecule has 0 aliphatic carbocycles. The van der Waals surface area contributed by atoms with Crippen molar-refractivity contribution >= 4 is 39.9 Å². The van der Waals surface area contributed by atoms with Crippen LogP contribution < -0.4 is 15.8 Å². The average Bonchev–Trinajstić information content (AvgIpc) is 3.26. The van der Waals surface area contributed by atoms with E-state index in [-0.39, 0.29) is 5.41 Å². The van der Waals surface area contributed by atoms with Gasteiger partial charge < -0.3 is 15.8 Å². The normalized spacial score (nSPS) is 16.6. The second kappa shape index (κ2) is 11.8. The number of amidine groups is 1. The van der Waals surface area contributed by atoms with E-state index in [9.17, 15) is 0 Å². The van der Waals surface area contributed by atoms with Crippen LogP contribution in [0.15, 0.2) is 29.3 Å². The molecular formula is C22H36N4OS2. The Morgan fingerprint density at radius 3 is 2.48 bits per heavy atom. The molecule has 1 aromatic rings. The van der Waals surface area contributed by atoms with E-state index in [1.54, 1.807) is 11.8 Å². The highest BCUT2D eigenvalue weighted by Gasteiger charge is 2.20. The highest BCUT2D eigenvalue weighted by Crippen LogP contribution is 2.29. The lowest BCUT2D eigenvalue weighted by Gasteiger charge is -2.25. The largest absolute Gasteiger partial charge is 0.492 e. The molecule has 1 aliphatic rings. The van der Waals surface area contributed by atoms with Crippen LogP contribution in [-0.2, 0) is 0 Å². The van der Waals surface area contributed by atoms with Crippen LogP contribution >= 0.6 is 24.0 Å². The lowest BCUT2D eigenvalue weighted by atomic mass is 9.87. The Balaban J connectivity index is 1.78. The van der Waals surface area contributed by atoms with Crippen LogP contribution in [0.3, 0.4) is 0 Å². The Morgan fingerprint density at radius 2 is 1.90 bits per heavy atom. The first kappa shape index (κ1) is 24.0. The molecular weight excluding hydrogens is 400 g/mol. The van der Waals surface area contributed by atoms with Gasteiger partial charge in [0.1, 0.15) is 12.4 Å². The van der Waals surface area contributed by atoms with Gasteiger partial charge in [-0.25, -0.2) is 0 Å². The quantitative estimate of drug-likeness (QED) is 0.318. The molecule has 1 aliphatic heterocycles. The number of hydrogen-bond donors (Lipinski definition) is 2. The van der Waals surface area contributed by atoms with E-state index in [4.69, 9.17) is 22.7 Å². The van der Waals surface area contributed by atoms with Crippen molar-refractivity contribution in [3.8, 4) is 5.75 Å². The Hall–Kier alpha value is -1.31. The van der Waals surface area contributed by atoms with Gasteiger partial charge in [0.05, 0.1) is 0 Å². The fourth-order valence-corrected chi connectivity index (χ4v) is 4.46. The molecule has 0 aromatic heterocycles. The number of benzene rings is 1. The summed E-state index contributed by atoms with van der Waals surface area (Å²) >= 11 is 6.90. The summed E-state index contributed by atoms with van der Waals surface area (Å²) in [6.07, 6.45) is 4.84. The molecule has 162 valence electrons. The summed E-state index contributed by atoms with van der Waals surface area (Å²) in [6, 6.07) is 8.26. The monoisotopic (exact) mass is 436 g/mol. The van der Waals surface area contributed by atoms with Crippen molar-refractivity contribution in [3.63, 3.8) is 0 Å². The van der Waals surface area contributed by atoms with Gasteiger partial charge in [-0.1, -0.05) is 32.5 Å². The van der Waals surface area contributed by atoms with E-state index in [0.29, 0.717) is 22.9 Å². The van der Waals surface area contributed by atoms with Gasteiger partial charge in [0, 0.05) is 17.5 Å². The number of hydrogen-bond acceptors (Lipinski definition) is 4. The second-order valence-corrected chi connectivity index (χ2v) is 9.50. The van der Waals surface area contributed by atoms with Crippen LogP contribution in [0.5, 0.6) is 5.75 Å². The molecule has 1 aromatic carbocycles. The van der Waals surface area contributed by atoms with Crippen molar-refractivity contribution in [2.75, 3.05) is 30.8 Å². The number of thioether (sulfide) groups is 1. The Labute approximate surface area is 185 Å². The van der Waals surface area contributed by atoms with Gasteiger partial charge in [0.25, 0.3) is 0 Å². The number of likely N-dealkylation sites (tertiary alicyclic amines) is 1. The van der Waals surface area contributed by atoms with Crippen LogP contribution in [-0.4, -0.2) is 46.7 Å². The maximum atomic E-state index is 6.05. The Kier molecular flexibility index (Phi) is 9.72. The summed E-state index contributed by atoms with van der Waals surface area (Å²) < 4.78 is 5.94. The van der Waals surface area contributed by atoms with E-state index in [1.807, 2.05) is 24.3 Å². The molecule has 1 unspecified atom stereocenters. The smallest absolute Gasteiger partial charge is 0.199 e. The molecule has 0 saturated carbocycles. The molecule has 0 spiro atoms. The molecule has 5 nitrogen and oxygen atoms in total. The maximum Gasteiger partial charge on any atom is 0.199 e. The predicted molar refractivity (Wildman–Crippen MR) is 131 cm³/mol. The third-order valence-electron chi connectivity index (χ3n) is 5.85. The maximum absolute atomic E-state index is 6.05. The molecule has 1 fully saturated rings. The molecule has 0 amide bonds. The number of thiocarbonyl (C=S) groups is 1. The van der Waals surface area contributed by atoms with Crippen LogP contribution in [0, 0.1) is 5.41 Å². The standard InChI is InChI=1S/C22H36N4OS2/c1-5-22(4,6-2)16-29-20(23)25-21(28)24-18-9-11-19(12-10-18)27-15-17(3)26-13-7-8-14-26/h9-12,17H,5-8,13-16H2,1-4H3,(H3,23,24,25,28). The Bertz CT molecular complexity index is 668. The zero-order valence-electron chi connectivity index (χ0n) is 18.2. The van der Waals surface area contributed by atoms with Gasteiger partial charge in [0.15, 0.2) is 10.3 Å². The highest BCUT2D eigenvalue weighted by molar-refractivity contribution is 8.13. The molecule has 0 bridgehead atoms. The summed E-state index contributed by atoms with van der Waals surface area (Å²) in [7, 11) is 0. The van der Waals surface area contributed by atoms with Gasteiger partial charge in [-0.3, -0.25) is 4.90 Å². The summed E-state index contributed by atoms with van der Waals surface area (Å²) in [5.41, 5.74) is 7.21. The van der Waals surface area contributed by atoms with Crippen molar-refractivity contribution in [1.82, 2.24) is 4.90 Å². The number of anilines is 1. The van der Waals surface area contributed by atoms with Crippen molar-refractivity contribution in [1.29, 1.82) is 0 Å². The van der Waals surface area contributed by atoms with Crippen molar-refractivity contribution < 1.29 is 4.74 Å². The number of aliphatic imine (C=N–C) groups is 1. The first-order valence-electron chi connectivity index (χ1n) is 10.6. The minimum Gasteiger partial charge on any atom is -0.492 e. The lowest BCUT2D eigenvalue weighted by molar-refractivity contribution is 0.172. The second-order valence-electron chi connectivity index (χ2n) is 8.11. The Morgan fingerprint density at radius 1 is 1.28 bits per heavy atom. The van der Waals surface area contributed by atoms with Gasteiger partial charge in [-0.2, -0.15) is 4.99 Å².